The number of rotatable bonds is 4. The van der Waals surface area contributed by atoms with Gasteiger partial charge in [0.25, 0.3) is 0 Å². The predicted octanol–water partition coefficient (Wildman–Crippen LogP) is 2.89. The Bertz CT molecular complexity index is 547. The number of hydrogen-bond donors (Lipinski definition) is 0. The summed E-state index contributed by atoms with van der Waals surface area (Å²) >= 11 is 1.53. The molecule has 6 nitrogen and oxygen atoms in total. The van der Waals surface area contributed by atoms with Gasteiger partial charge in [0.05, 0.1) is 0 Å². The van der Waals surface area contributed by atoms with Crippen LogP contribution < -0.4 is 4.90 Å². The number of likely N-dealkylation sites (tertiary alicyclic amines) is 1. The predicted molar refractivity (Wildman–Crippen MR) is 93.0 cm³/mol. The number of carbonyl (C=O) groups excluding carboxylic acids is 1. The van der Waals surface area contributed by atoms with Gasteiger partial charge in [-0.15, -0.1) is 0 Å². The molecule has 7 heteroatoms. The summed E-state index contributed by atoms with van der Waals surface area (Å²) in [5.41, 5.74) is -0.443. The smallest absolute Gasteiger partial charge is 0.410 e. The number of carbonyl (C=O) groups is 1. The van der Waals surface area contributed by atoms with E-state index in [1.807, 2.05) is 40.1 Å². The van der Waals surface area contributed by atoms with Crippen molar-refractivity contribution in [2.45, 2.75) is 37.9 Å². The van der Waals surface area contributed by atoms with Gasteiger partial charge in [0.1, 0.15) is 11.4 Å². The van der Waals surface area contributed by atoms with E-state index in [1.165, 1.54) is 11.8 Å². The minimum atomic E-state index is -0.443. The molecular formula is C16H26N4O2S. The molecule has 1 fully saturated rings. The molecule has 1 aliphatic heterocycles. The van der Waals surface area contributed by atoms with Gasteiger partial charge in [-0.05, 0) is 45.4 Å². The van der Waals surface area contributed by atoms with Crippen LogP contribution in [0.4, 0.5) is 10.6 Å². The molecule has 1 saturated heterocycles. The Balaban J connectivity index is 1.88. The first-order valence-electron chi connectivity index (χ1n) is 7.84. The molecule has 1 amide bonds. The van der Waals surface area contributed by atoms with Gasteiger partial charge in [-0.25, -0.2) is 14.8 Å². The lowest BCUT2D eigenvalue weighted by Crippen LogP contribution is -2.36. The maximum atomic E-state index is 12.1. The summed E-state index contributed by atoms with van der Waals surface area (Å²) in [6, 6.07) is 1.92. The lowest BCUT2D eigenvalue weighted by Gasteiger charge is -2.25. The van der Waals surface area contributed by atoms with Gasteiger partial charge < -0.3 is 14.5 Å². The van der Waals surface area contributed by atoms with Gasteiger partial charge in [-0.1, -0.05) is 11.8 Å². The summed E-state index contributed by atoms with van der Waals surface area (Å²) in [5, 5.41) is 0.774. The maximum absolute atomic E-state index is 12.1. The highest BCUT2D eigenvalue weighted by Crippen LogP contribution is 2.22. The molecule has 1 aliphatic rings. The molecule has 0 aliphatic carbocycles. The van der Waals surface area contributed by atoms with Crippen molar-refractivity contribution in [3.05, 3.63) is 12.3 Å². The number of hydrogen-bond acceptors (Lipinski definition) is 6. The number of nitrogens with zero attached hydrogens (tertiary/aromatic N) is 4. The van der Waals surface area contributed by atoms with E-state index in [1.54, 1.807) is 11.1 Å². The topological polar surface area (TPSA) is 58.6 Å². The second-order valence-corrected chi connectivity index (χ2v) is 7.64. The Labute approximate surface area is 142 Å². The Kier molecular flexibility index (Phi) is 5.73. The number of ether oxygens (including phenoxy) is 1. The summed E-state index contributed by atoms with van der Waals surface area (Å²) < 4.78 is 5.44. The normalized spacial score (nSPS) is 18.1. The Morgan fingerprint density at radius 1 is 1.52 bits per heavy atom. The maximum Gasteiger partial charge on any atom is 0.410 e. The zero-order valence-corrected chi connectivity index (χ0v) is 15.4. The lowest BCUT2D eigenvalue weighted by atomic mass is 10.1. The van der Waals surface area contributed by atoms with Crippen LogP contribution in [0.2, 0.25) is 0 Å². The molecule has 1 aromatic rings. The molecule has 0 aromatic carbocycles. The Hall–Kier alpha value is -1.50. The third kappa shape index (κ3) is 5.27. The monoisotopic (exact) mass is 338 g/mol. The lowest BCUT2D eigenvalue weighted by molar-refractivity contribution is 0.0288. The zero-order valence-electron chi connectivity index (χ0n) is 14.6. The zero-order chi connectivity index (χ0) is 17.0. The van der Waals surface area contributed by atoms with Gasteiger partial charge >= 0.3 is 6.09 Å². The SMILES string of the molecule is CSc1nccc(N(C)C[C@@H]2CCN(C(=O)OC(C)(C)C)C2)n1. The number of aromatic nitrogens is 2. The first-order chi connectivity index (χ1) is 10.8. The summed E-state index contributed by atoms with van der Waals surface area (Å²) in [5.74, 6) is 1.35. The van der Waals surface area contributed by atoms with Gasteiger partial charge in [-0.3, -0.25) is 0 Å². The fourth-order valence-electron chi connectivity index (χ4n) is 2.60. The van der Waals surface area contributed by atoms with Crippen molar-refractivity contribution in [2.75, 3.05) is 37.8 Å². The molecule has 1 atom stereocenters. The Morgan fingerprint density at radius 3 is 2.91 bits per heavy atom. The van der Waals surface area contributed by atoms with Crippen molar-refractivity contribution < 1.29 is 9.53 Å². The fourth-order valence-corrected chi connectivity index (χ4v) is 2.95. The first kappa shape index (κ1) is 17.8. The summed E-state index contributed by atoms with van der Waals surface area (Å²) in [4.78, 5) is 24.8. The minimum Gasteiger partial charge on any atom is -0.444 e. The van der Waals surface area contributed by atoms with E-state index in [4.69, 9.17) is 4.74 Å². The number of amides is 1. The van der Waals surface area contributed by atoms with Gasteiger partial charge in [0, 0.05) is 32.9 Å². The fraction of sp³-hybridized carbons (Fsp3) is 0.688. The van der Waals surface area contributed by atoms with Crippen molar-refractivity contribution in [3.8, 4) is 0 Å². The molecule has 0 unspecified atom stereocenters. The molecule has 0 radical (unpaired) electrons. The second-order valence-electron chi connectivity index (χ2n) is 6.86. The number of thioether (sulfide) groups is 1. The minimum absolute atomic E-state index is 0.214. The molecule has 0 saturated carbocycles. The molecular weight excluding hydrogens is 312 g/mol. The van der Waals surface area contributed by atoms with Crippen molar-refractivity contribution >= 4 is 23.7 Å². The van der Waals surface area contributed by atoms with Gasteiger partial charge in [0.2, 0.25) is 0 Å². The van der Waals surface area contributed by atoms with E-state index in [0.717, 1.165) is 37.0 Å². The van der Waals surface area contributed by atoms with Crippen LogP contribution >= 0.6 is 11.8 Å². The highest BCUT2D eigenvalue weighted by Gasteiger charge is 2.30. The van der Waals surface area contributed by atoms with Crippen LogP contribution in [0.5, 0.6) is 0 Å². The third-order valence-electron chi connectivity index (χ3n) is 3.66. The van der Waals surface area contributed by atoms with E-state index in [0.29, 0.717) is 5.92 Å². The number of anilines is 1. The van der Waals surface area contributed by atoms with Crippen LogP contribution in [0.1, 0.15) is 27.2 Å². The van der Waals surface area contributed by atoms with Crippen LogP contribution in [-0.2, 0) is 4.74 Å². The molecule has 0 spiro atoms. The highest BCUT2D eigenvalue weighted by atomic mass is 32.2. The van der Waals surface area contributed by atoms with Gasteiger partial charge in [0.15, 0.2) is 5.16 Å². The molecule has 2 rings (SSSR count). The first-order valence-corrected chi connectivity index (χ1v) is 9.07. The Morgan fingerprint density at radius 2 is 2.26 bits per heavy atom. The summed E-state index contributed by atoms with van der Waals surface area (Å²) in [6.45, 7) is 8.04. The van der Waals surface area contributed by atoms with Crippen LogP contribution in [0, 0.1) is 5.92 Å². The van der Waals surface area contributed by atoms with Crippen molar-refractivity contribution in [1.82, 2.24) is 14.9 Å². The quantitative estimate of drug-likeness (QED) is 0.621. The van der Waals surface area contributed by atoms with Crippen LogP contribution in [0.3, 0.4) is 0 Å². The second kappa shape index (κ2) is 7.38. The average Bonchev–Trinajstić information content (AvgIpc) is 2.94. The molecule has 1 aromatic heterocycles. The molecule has 2 heterocycles. The third-order valence-corrected chi connectivity index (χ3v) is 4.22. The van der Waals surface area contributed by atoms with E-state index in [2.05, 4.69) is 14.9 Å². The molecule has 0 N–H and O–H groups in total. The van der Waals surface area contributed by atoms with E-state index < -0.39 is 5.60 Å². The standard InChI is InChI=1S/C16H26N4O2S/c1-16(2,3)22-15(21)20-9-7-12(11-20)10-19(4)13-6-8-17-14(18-13)23-5/h6,8,12H,7,9-11H2,1-5H3/t12-/m0/s1. The van der Waals surface area contributed by atoms with Gasteiger partial charge in [-0.2, -0.15) is 0 Å². The van der Waals surface area contributed by atoms with E-state index in [9.17, 15) is 4.79 Å². The van der Waals surface area contributed by atoms with Crippen LogP contribution in [0.15, 0.2) is 17.4 Å². The molecule has 23 heavy (non-hydrogen) atoms. The molecule has 0 bridgehead atoms. The summed E-state index contributed by atoms with van der Waals surface area (Å²) in [7, 11) is 2.03. The average molecular weight is 338 g/mol. The van der Waals surface area contributed by atoms with Crippen molar-refractivity contribution in [2.24, 2.45) is 5.92 Å². The van der Waals surface area contributed by atoms with Crippen LogP contribution in [-0.4, -0.2) is 59.5 Å². The highest BCUT2D eigenvalue weighted by molar-refractivity contribution is 7.98. The molecule has 128 valence electrons. The van der Waals surface area contributed by atoms with Crippen LogP contribution in [0.25, 0.3) is 0 Å². The van der Waals surface area contributed by atoms with E-state index in [-0.39, 0.29) is 6.09 Å². The van der Waals surface area contributed by atoms with E-state index >= 15 is 0 Å². The largest absolute Gasteiger partial charge is 0.444 e. The van der Waals surface area contributed by atoms with Crippen molar-refractivity contribution in [1.29, 1.82) is 0 Å². The van der Waals surface area contributed by atoms with Crippen molar-refractivity contribution in [3.63, 3.8) is 0 Å². The summed E-state index contributed by atoms with van der Waals surface area (Å²) in [6.07, 6.45) is 4.53.